The van der Waals surface area contributed by atoms with Crippen molar-refractivity contribution in [1.82, 2.24) is 0 Å². The molecule has 1 aromatic carbocycles. The quantitative estimate of drug-likeness (QED) is 0.623. The van der Waals surface area contributed by atoms with E-state index in [1.807, 2.05) is 11.8 Å². The van der Waals surface area contributed by atoms with E-state index < -0.39 is 0 Å². The lowest BCUT2D eigenvalue weighted by Crippen LogP contribution is -2.24. The maximum Gasteiger partial charge on any atom is 0.0507 e. The first kappa shape index (κ1) is 8.95. The summed E-state index contributed by atoms with van der Waals surface area (Å²) in [5.41, 5.74) is 4.20. The zero-order valence-corrected chi connectivity index (χ0v) is 9.24. The number of hydrogen-bond acceptors (Lipinski definition) is 2. The van der Waals surface area contributed by atoms with E-state index in [1.165, 1.54) is 34.0 Å². The molecule has 0 saturated heterocycles. The van der Waals surface area contributed by atoms with Crippen LogP contribution in [0.5, 0.6) is 0 Å². The van der Waals surface area contributed by atoms with Gasteiger partial charge in [0.1, 0.15) is 0 Å². The summed E-state index contributed by atoms with van der Waals surface area (Å²) in [5, 5.41) is 0. The summed E-state index contributed by atoms with van der Waals surface area (Å²) in [5.74, 6) is 1.22. The Labute approximate surface area is 84.1 Å². The predicted octanol–water partition coefficient (Wildman–Crippen LogP) is 2.85. The Bertz CT molecular complexity index is 333. The summed E-state index contributed by atoms with van der Waals surface area (Å²) in [6.45, 7) is 5.54. The Morgan fingerprint density at radius 3 is 2.85 bits per heavy atom. The molecule has 0 aromatic heterocycles. The first-order valence-electron chi connectivity index (χ1n) is 4.63. The molecule has 1 aliphatic heterocycles. The molecule has 0 fully saturated rings. The van der Waals surface area contributed by atoms with Gasteiger partial charge in [-0.3, -0.25) is 0 Å². The Morgan fingerprint density at radius 2 is 2.08 bits per heavy atom. The number of anilines is 1. The van der Waals surface area contributed by atoms with Crippen LogP contribution in [0.2, 0.25) is 0 Å². The fourth-order valence-corrected chi connectivity index (χ4v) is 3.03. The lowest BCUT2D eigenvalue weighted by atomic mass is 10.1. The van der Waals surface area contributed by atoms with Crippen LogP contribution in [0.3, 0.4) is 0 Å². The van der Waals surface area contributed by atoms with Gasteiger partial charge >= 0.3 is 0 Å². The monoisotopic (exact) mass is 193 g/mol. The molecular formula is C11H15NS. The molecule has 0 atom stereocenters. The second kappa shape index (κ2) is 3.26. The van der Waals surface area contributed by atoms with Gasteiger partial charge in [0.2, 0.25) is 0 Å². The van der Waals surface area contributed by atoms with Gasteiger partial charge in [-0.1, -0.05) is 6.07 Å². The Hall–Kier alpha value is -0.630. The standard InChI is InChI=1S/C11H15NS/c1-8-6-9(2)11-10(7-8)12(3)4-5-13-11/h6-7H,4-5H2,1-3H3. The number of fused-ring (bicyclic) bond motifs is 1. The van der Waals surface area contributed by atoms with E-state index in [1.54, 1.807) is 0 Å². The number of rotatable bonds is 0. The molecule has 0 saturated carbocycles. The third kappa shape index (κ3) is 1.55. The first-order valence-corrected chi connectivity index (χ1v) is 5.62. The summed E-state index contributed by atoms with van der Waals surface area (Å²) >= 11 is 1.99. The van der Waals surface area contributed by atoms with Crippen molar-refractivity contribution in [2.45, 2.75) is 18.7 Å². The molecule has 0 amide bonds. The van der Waals surface area contributed by atoms with E-state index in [2.05, 4.69) is 37.9 Å². The average Bonchev–Trinajstić information content (AvgIpc) is 2.07. The number of hydrogen-bond donors (Lipinski definition) is 0. The molecule has 0 bridgehead atoms. The maximum absolute atomic E-state index is 2.35. The van der Waals surface area contributed by atoms with E-state index in [4.69, 9.17) is 0 Å². The van der Waals surface area contributed by atoms with Crippen LogP contribution in [0.1, 0.15) is 11.1 Å². The molecule has 70 valence electrons. The number of thioether (sulfide) groups is 1. The minimum Gasteiger partial charge on any atom is -0.373 e. The van der Waals surface area contributed by atoms with E-state index in [9.17, 15) is 0 Å². The van der Waals surface area contributed by atoms with Crippen molar-refractivity contribution in [2.75, 3.05) is 24.2 Å². The van der Waals surface area contributed by atoms with Crippen LogP contribution in [0.15, 0.2) is 17.0 Å². The highest BCUT2D eigenvalue weighted by molar-refractivity contribution is 7.99. The summed E-state index contributed by atoms with van der Waals surface area (Å²) in [4.78, 5) is 3.82. The van der Waals surface area contributed by atoms with Crippen molar-refractivity contribution in [3.8, 4) is 0 Å². The van der Waals surface area contributed by atoms with Crippen LogP contribution in [0.4, 0.5) is 5.69 Å². The highest BCUT2D eigenvalue weighted by atomic mass is 32.2. The topological polar surface area (TPSA) is 3.24 Å². The second-order valence-electron chi connectivity index (χ2n) is 3.70. The van der Waals surface area contributed by atoms with Crippen LogP contribution in [0.25, 0.3) is 0 Å². The van der Waals surface area contributed by atoms with Gasteiger partial charge in [-0.15, -0.1) is 11.8 Å². The van der Waals surface area contributed by atoms with Crippen LogP contribution in [0, 0.1) is 13.8 Å². The van der Waals surface area contributed by atoms with Crippen molar-refractivity contribution in [3.05, 3.63) is 23.3 Å². The van der Waals surface area contributed by atoms with Gasteiger partial charge in [0.05, 0.1) is 5.69 Å². The van der Waals surface area contributed by atoms with Gasteiger partial charge in [-0.2, -0.15) is 0 Å². The van der Waals surface area contributed by atoms with Crippen LogP contribution in [-0.4, -0.2) is 19.3 Å². The SMILES string of the molecule is Cc1cc(C)c2c(c1)N(C)CCS2. The van der Waals surface area contributed by atoms with Crippen molar-refractivity contribution in [1.29, 1.82) is 0 Å². The lowest BCUT2D eigenvalue weighted by molar-refractivity contribution is 0.935. The maximum atomic E-state index is 2.35. The van der Waals surface area contributed by atoms with Crippen LogP contribution in [-0.2, 0) is 0 Å². The minimum absolute atomic E-state index is 1.17. The molecule has 0 N–H and O–H groups in total. The summed E-state index contributed by atoms with van der Waals surface area (Å²) in [6, 6.07) is 4.56. The van der Waals surface area contributed by atoms with Crippen molar-refractivity contribution in [3.63, 3.8) is 0 Å². The molecular weight excluding hydrogens is 178 g/mol. The Morgan fingerprint density at radius 1 is 1.31 bits per heavy atom. The van der Waals surface area contributed by atoms with Crippen molar-refractivity contribution in [2.24, 2.45) is 0 Å². The highest BCUT2D eigenvalue weighted by Crippen LogP contribution is 2.37. The molecule has 1 aromatic rings. The van der Waals surface area contributed by atoms with Gasteiger partial charge in [-0.25, -0.2) is 0 Å². The normalized spacial score (nSPS) is 15.8. The first-order chi connectivity index (χ1) is 6.18. The molecule has 2 heteroatoms. The largest absolute Gasteiger partial charge is 0.373 e. The molecule has 0 unspecified atom stereocenters. The van der Waals surface area contributed by atoms with Gasteiger partial charge in [-0.05, 0) is 31.0 Å². The Balaban J connectivity index is 2.56. The van der Waals surface area contributed by atoms with E-state index in [0.717, 1.165) is 0 Å². The molecule has 1 nitrogen and oxygen atoms in total. The smallest absolute Gasteiger partial charge is 0.0507 e. The summed E-state index contributed by atoms with van der Waals surface area (Å²) < 4.78 is 0. The molecule has 13 heavy (non-hydrogen) atoms. The summed E-state index contributed by atoms with van der Waals surface area (Å²) in [7, 11) is 2.18. The molecule has 1 heterocycles. The minimum atomic E-state index is 1.17. The van der Waals surface area contributed by atoms with E-state index in [0.29, 0.717) is 0 Å². The fraction of sp³-hybridized carbons (Fsp3) is 0.455. The molecule has 0 radical (unpaired) electrons. The third-order valence-corrected chi connectivity index (χ3v) is 3.69. The lowest BCUT2D eigenvalue weighted by Gasteiger charge is -2.28. The fourth-order valence-electron chi connectivity index (χ4n) is 1.81. The molecule has 0 aliphatic carbocycles. The van der Waals surface area contributed by atoms with E-state index >= 15 is 0 Å². The molecule has 0 spiro atoms. The van der Waals surface area contributed by atoms with Crippen molar-refractivity contribution < 1.29 is 0 Å². The summed E-state index contributed by atoms with van der Waals surface area (Å²) in [6.07, 6.45) is 0. The van der Waals surface area contributed by atoms with Gasteiger partial charge in [0, 0.05) is 24.2 Å². The third-order valence-electron chi connectivity index (χ3n) is 2.48. The van der Waals surface area contributed by atoms with Crippen LogP contribution < -0.4 is 4.90 Å². The van der Waals surface area contributed by atoms with Gasteiger partial charge in [0.15, 0.2) is 0 Å². The highest BCUT2D eigenvalue weighted by Gasteiger charge is 2.15. The predicted molar refractivity (Wildman–Crippen MR) is 59.9 cm³/mol. The zero-order chi connectivity index (χ0) is 9.42. The Kier molecular flexibility index (Phi) is 2.24. The molecule has 2 rings (SSSR count). The number of aryl methyl sites for hydroxylation is 2. The number of benzene rings is 1. The second-order valence-corrected chi connectivity index (χ2v) is 4.81. The van der Waals surface area contributed by atoms with Crippen LogP contribution >= 0.6 is 11.8 Å². The van der Waals surface area contributed by atoms with E-state index in [-0.39, 0.29) is 0 Å². The molecule has 1 aliphatic rings. The zero-order valence-electron chi connectivity index (χ0n) is 8.42. The van der Waals surface area contributed by atoms with Gasteiger partial charge in [0.25, 0.3) is 0 Å². The number of nitrogens with zero attached hydrogens (tertiary/aromatic N) is 1. The van der Waals surface area contributed by atoms with Gasteiger partial charge < -0.3 is 4.90 Å². The average molecular weight is 193 g/mol. The van der Waals surface area contributed by atoms with Crippen molar-refractivity contribution >= 4 is 17.4 Å².